The molecular weight excluding hydrogens is 422 g/mol. The minimum atomic E-state index is -0.578. The zero-order valence-electron chi connectivity index (χ0n) is 18.2. The predicted octanol–water partition coefficient (Wildman–Crippen LogP) is 2.32. The van der Waals surface area contributed by atoms with Gasteiger partial charge < -0.3 is 24.1 Å². The van der Waals surface area contributed by atoms with Crippen LogP contribution in [-0.2, 0) is 11.3 Å². The first-order valence-electron chi connectivity index (χ1n) is 10.2. The Labute approximate surface area is 186 Å². The molecule has 1 fully saturated rings. The van der Waals surface area contributed by atoms with Crippen molar-refractivity contribution >= 4 is 23.6 Å². The van der Waals surface area contributed by atoms with Gasteiger partial charge in [-0.05, 0) is 46.2 Å². The molecule has 31 heavy (non-hydrogen) atoms. The molecular formula is C21H28ClN5O4. The van der Waals surface area contributed by atoms with Crippen LogP contribution in [0.1, 0.15) is 43.4 Å². The van der Waals surface area contributed by atoms with Gasteiger partial charge in [0.15, 0.2) is 0 Å². The summed E-state index contributed by atoms with van der Waals surface area (Å²) in [4.78, 5) is 43.9. The van der Waals surface area contributed by atoms with Crippen LogP contribution in [-0.4, -0.2) is 61.6 Å². The number of hydrogen-bond donors (Lipinski definition) is 1. The van der Waals surface area contributed by atoms with E-state index in [1.54, 1.807) is 34.1 Å². The van der Waals surface area contributed by atoms with E-state index >= 15 is 0 Å². The Morgan fingerprint density at radius 2 is 2.06 bits per heavy atom. The Balaban J connectivity index is 1.75. The highest BCUT2D eigenvalue weighted by Crippen LogP contribution is 2.16. The number of nitrogens with one attached hydrogen (secondary N) is 1. The molecule has 1 atom stereocenters. The van der Waals surface area contributed by atoms with Crippen LogP contribution in [0.3, 0.4) is 0 Å². The molecule has 1 aliphatic heterocycles. The second kappa shape index (κ2) is 9.13. The van der Waals surface area contributed by atoms with Crippen LogP contribution < -0.4 is 10.9 Å². The summed E-state index contributed by atoms with van der Waals surface area (Å²) in [6, 6.07) is 2.98. The van der Waals surface area contributed by atoms with Crippen molar-refractivity contribution in [3.63, 3.8) is 0 Å². The van der Waals surface area contributed by atoms with Crippen molar-refractivity contribution in [3.05, 3.63) is 46.4 Å². The smallest absolute Gasteiger partial charge is 0.410 e. The molecule has 0 bridgehead atoms. The molecule has 0 unspecified atom stereocenters. The van der Waals surface area contributed by atoms with Gasteiger partial charge in [-0.1, -0.05) is 0 Å². The van der Waals surface area contributed by atoms with Crippen LogP contribution in [0, 0.1) is 6.92 Å². The van der Waals surface area contributed by atoms with Crippen molar-refractivity contribution < 1.29 is 14.3 Å². The van der Waals surface area contributed by atoms with Gasteiger partial charge in [0.05, 0.1) is 12.0 Å². The summed E-state index contributed by atoms with van der Waals surface area (Å²) in [6.45, 7) is 8.30. The van der Waals surface area contributed by atoms with Crippen LogP contribution in [0.15, 0.2) is 29.5 Å². The fourth-order valence-electron chi connectivity index (χ4n) is 3.45. The first-order valence-corrected chi connectivity index (χ1v) is 10.7. The van der Waals surface area contributed by atoms with Gasteiger partial charge in [-0.2, -0.15) is 0 Å². The van der Waals surface area contributed by atoms with Gasteiger partial charge in [0.25, 0.3) is 11.5 Å². The quantitative estimate of drug-likeness (QED) is 0.706. The van der Waals surface area contributed by atoms with E-state index in [1.807, 2.05) is 27.7 Å². The van der Waals surface area contributed by atoms with Gasteiger partial charge in [-0.25, -0.2) is 9.78 Å². The average molecular weight is 450 g/mol. The van der Waals surface area contributed by atoms with E-state index in [0.29, 0.717) is 25.2 Å². The third-order valence-electron chi connectivity index (χ3n) is 4.86. The summed E-state index contributed by atoms with van der Waals surface area (Å²) in [5.74, 6) is -0.200. The number of alkyl halides is 1. The largest absolute Gasteiger partial charge is 0.444 e. The van der Waals surface area contributed by atoms with Gasteiger partial charge in [0.2, 0.25) is 0 Å². The summed E-state index contributed by atoms with van der Waals surface area (Å²) in [5.41, 5.74) is 0.487. The number of halogens is 1. The van der Waals surface area contributed by atoms with Gasteiger partial charge in [-0.15, -0.1) is 11.6 Å². The second-order valence-corrected chi connectivity index (χ2v) is 8.94. The molecule has 1 saturated heterocycles. The summed E-state index contributed by atoms with van der Waals surface area (Å²) in [6.07, 6.45) is 3.51. The zero-order chi connectivity index (χ0) is 22.8. The van der Waals surface area contributed by atoms with E-state index in [9.17, 15) is 14.4 Å². The summed E-state index contributed by atoms with van der Waals surface area (Å²) in [7, 11) is 0. The lowest BCUT2D eigenvalue weighted by molar-refractivity contribution is 0.0290. The molecule has 0 saturated carbocycles. The number of nitrogens with zero attached hydrogens (tertiary/aromatic N) is 4. The van der Waals surface area contributed by atoms with Crippen LogP contribution in [0.25, 0.3) is 5.69 Å². The molecule has 9 nitrogen and oxygen atoms in total. The number of carbonyl (C=O) groups is 2. The summed E-state index contributed by atoms with van der Waals surface area (Å²) >= 11 is 5.90. The third kappa shape index (κ3) is 5.46. The highest BCUT2D eigenvalue weighted by molar-refractivity contribution is 6.17. The van der Waals surface area contributed by atoms with Crippen LogP contribution in [0.2, 0.25) is 0 Å². The number of amides is 2. The van der Waals surface area contributed by atoms with Gasteiger partial charge >= 0.3 is 6.09 Å². The summed E-state index contributed by atoms with van der Waals surface area (Å²) < 4.78 is 8.38. The van der Waals surface area contributed by atoms with Crippen LogP contribution in [0.4, 0.5) is 4.79 Å². The molecule has 0 spiro atoms. The van der Waals surface area contributed by atoms with Crippen molar-refractivity contribution in [1.29, 1.82) is 0 Å². The molecule has 1 N–H and O–H groups in total. The Bertz CT molecular complexity index is 1020. The standard InChI is InChI=1S/C21H28ClN5O4/c1-14-11-26(13-23-14)17-6-5-16(27(10-8-22)19(17)29)18(28)24-15-7-9-25(12-15)20(30)31-21(2,3)4/h5-6,11,13,15H,7-10,12H2,1-4H3,(H,24,28)/t15-/m1/s1. The number of aromatic nitrogens is 3. The minimum Gasteiger partial charge on any atom is -0.444 e. The molecule has 0 aromatic carbocycles. The molecule has 1 aliphatic rings. The molecule has 168 valence electrons. The first-order chi connectivity index (χ1) is 14.6. The average Bonchev–Trinajstić information content (AvgIpc) is 3.31. The first kappa shape index (κ1) is 22.9. The van der Waals surface area contributed by atoms with E-state index in [2.05, 4.69) is 10.3 Å². The van der Waals surface area contributed by atoms with Gasteiger partial charge in [0, 0.05) is 37.8 Å². The van der Waals surface area contributed by atoms with E-state index in [4.69, 9.17) is 16.3 Å². The number of ether oxygens (including phenoxy) is 1. The fourth-order valence-corrected chi connectivity index (χ4v) is 3.62. The van der Waals surface area contributed by atoms with Gasteiger partial charge in [-0.3, -0.25) is 9.59 Å². The van der Waals surface area contributed by atoms with Crippen molar-refractivity contribution in [3.8, 4) is 5.69 Å². The van der Waals surface area contributed by atoms with Crippen molar-refractivity contribution in [2.45, 2.75) is 52.3 Å². The Morgan fingerprint density at radius 3 is 2.68 bits per heavy atom. The van der Waals surface area contributed by atoms with Crippen LogP contribution >= 0.6 is 11.6 Å². The lowest BCUT2D eigenvalue weighted by Gasteiger charge is -2.24. The molecule has 3 rings (SSSR count). The lowest BCUT2D eigenvalue weighted by atomic mass is 10.2. The number of rotatable bonds is 5. The molecule has 3 heterocycles. The number of imidazole rings is 1. The molecule has 2 aromatic heterocycles. The lowest BCUT2D eigenvalue weighted by Crippen LogP contribution is -2.42. The van der Waals surface area contributed by atoms with E-state index in [0.717, 1.165) is 5.69 Å². The number of carbonyl (C=O) groups excluding carboxylic acids is 2. The maximum Gasteiger partial charge on any atom is 0.410 e. The number of aryl methyl sites for hydroxylation is 1. The monoisotopic (exact) mass is 449 g/mol. The Kier molecular flexibility index (Phi) is 6.74. The van der Waals surface area contributed by atoms with Crippen LogP contribution in [0.5, 0.6) is 0 Å². The molecule has 0 aliphatic carbocycles. The molecule has 0 radical (unpaired) electrons. The highest BCUT2D eigenvalue weighted by Gasteiger charge is 2.31. The predicted molar refractivity (Wildman–Crippen MR) is 117 cm³/mol. The third-order valence-corrected chi connectivity index (χ3v) is 5.03. The van der Waals surface area contributed by atoms with E-state index in [-0.39, 0.29) is 35.6 Å². The van der Waals surface area contributed by atoms with E-state index in [1.165, 1.54) is 4.57 Å². The number of hydrogen-bond acceptors (Lipinski definition) is 5. The topological polar surface area (TPSA) is 98.5 Å². The molecule has 2 amide bonds. The second-order valence-electron chi connectivity index (χ2n) is 8.56. The highest BCUT2D eigenvalue weighted by atomic mass is 35.5. The van der Waals surface area contributed by atoms with Crippen molar-refractivity contribution in [2.75, 3.05) is 19.0 Å². The molecule has 10 heteroatoms. The van der Waals surface area contributed by atoms with Crippen molar-refractivity contribution in [2.24, 2.45) is 0 Å². The minimum absolute atomic E-state index is 0.183. The maximum absolute atomic E-state index is 13.0. The Hall–Kier alpha value is -2.81. The SMILES string of the molecule is Cc1cn(-c2ccc(C(=O)N[C@@H]3CCN(C(=O)OC(C)(C)C)C3)n(CCCl)c2=O)cn1. The molecule has 2 aromatic rings. The summed E-state index contributed by atoms with van der Waals surface area (Å²) in [5, 5.41) is 2.92. The number of pyridine rings is 1. The number of likely N-dealkylation sites (tertiary alicyclic amines) is 1. The Morgan fingerprint density at radius 1 is 1.32 bits per heavy atom. The van der Waals surface area contributed by atoms with E-state index < -0.39 is 11.7 Å². The maximum atomic E-state index is 13.0. The normalized spacial score (nSPS) is 16.4. The van der Waals surface area contributed by atoms with Gasteiger partial charge in [0.1, 0.15) is 17.0 Å². The zero-order valence-corrected chi connectivity index (χ0v) is 19.0. The van der Waals surface area contributed by atoms with Crippen molar-refractivity contribution in [1.82, 2.24) is 24.3 Å². The fraction of sp³-hybridized carbons (Fsp3) is 0.524.